The Kier molecular flexibility index (Phi) is 3.60. The molecule has 0 saturated carbocycles. The van der Waals surface area contributed by atoms with E-state index in [2.05, 4.69) is 24.1 Å². The standard InChI is InChI=1S/C15H18N2O/c1-4-5-6-14(16-2)11-7-8-13-12(9-11)10-17(3)15(13)18/h5-9H,4,10H2,1-3H3/b6-5-,16-14?. The van der Waals surface area contributed by atoms with Crippen molar-refractivity contribution in [3.05, 3.63) is 47.0 Å². The average molecular weight is 242 g/mol. The van der Waals surface area contributed by atoms with Gasteiger partial charge in [0.15, 0.2) is 0 Å². The van der Waals surface area contributed by atoms with Crippen molar-refractivity contribution >= 4 is 11.6 Å². The fraction of sp³-hybridized carbons (Fsp3) is 0.333. The number of hydrogen-bond acceptors (Lipinski definition) is 2. The number of aliphatic imine (C=N–C) groups is 1. The smallest absolute Gasteiger partial charge is 0.254 e. The van der Waals surface area contributed by atoms with Crippen molar-refractivity contribution in [2.45, 2.75) is 19.9 Å². The molecule has 0 saturated heterocycles. The molecule has 0 atom stereocenters. The quantitative estimate of drug-likeness (QED) is 0.750. The van der Waals surface area contributed by atoms with Crippen LogP contribution in [0.15, 0.2) is 35.3 Å². The van der Waals surface area contributed by atoms with Gasteiger partial charge in [0, 0.05) is 31.8 Å². The Labute approximate surface area is 108 Å². The zero-order valence-corrected chi connectivity index (χ0v) is 11.1. The van der Waals surface area contributed by atoms with Crippen LogP contribution in [0.25, 0.3) is 0 Å². The van der Waals surface area contributed by atoms with E-state index in [1.807, 2.05) is 25.3 Å². The van der Waals surface area contributed by atoms with Crippen LogP contribution in [-0.4, -0.2) is 30.6 Å². The third-order valence-corrected chi connectivity index (χ3v) is 3.14. The van der Waals surface area contributed by atoms with Gasteiger partial charge in [-0.3, -0.25) is 9.79 Å². The van der Waals surface area contributed by atoms with E-state index in [0.29, 0.717) is 6.54 Å². The summed E-state index contributed by atoms with van der Waals surface area (Å²) < 4.78 is 0. The van der Waals surface area contributed by atoms with E-state index in [0.717, 1.165) is 28.8 Å². The maximum absolute atomic E-state index is 11.8. The van der Waals surface area contributed by atoms with Crippen LogP contribution in [0.5, 0.6) is 0 Å². The van der Waals surface area contributed by atoms with E-state index in [4.69, 9.17) is 0 Å². The second kappa shape index (κ2) is 5.17. The van der Waals surface area contributed by atoms with Crippen molar-refractivity contribution in [1.82, 2.24) is 4.90 Å². The lowest BCUT2D eigenvalue weighted by atomic mass is 10.0. The summed E-state index contributed by atoms with van der Waals surface area (Å²) in [7, 11) is 3.62. The molecule has 0 spiro atoms. The van der Waals surface area contributed by atoms with E-state index >= 15 is 0 Å². The van der Waals surface area contributed by atoms with E-state index in [1.54, 1.807) is 11.9 Å². The van der Waals surface area contributed by atoms with Gasteiger partial charge in [0.2, 0.25) is 0 Å². The normalized spacial score (nSPS) is 15.6. The second-order valence-corrected chi connectivity index (χ2v) is 4.45. The zero-order chi connectivity index (χ0) is 13.1. The van der Waals surface area contributed by atoms with E-state index in [1.165, 1.54) is 0 Å². The van der Waals surface area contributed by atoms with Crippen molar-refractivity contribution < 1.29 is 4.79 Å². The van der Waals surface area contributed by atoms with E-state index < -0.39 is 0 Å². The Hall–Kier alpha value is -1.90. The number of carbonyl (C=O) groups excluding carboxylic acids is 1. The van der Waals surface area contributed by atoms with Crippen LogP contribution in [0.2, 0.25) is 0 Å². The molecule has 0 N–H and O–H groups in total. The molecule has 1 aliphatic rings. The van der Waals surface area contributed by atoms with Gasteiger partial charge in [-0.1, -0.05) is 19.1 Å². The van der Waals surface area contributed by atoms with Crippen molar-refractivity contribution in [3.63, 3.8) is 0 Å². The third kappa shape index (κ3) is 2.21. The summed E-state index contributed by atoms with van der Waals surface area (Å²) in [5.41, 5.74) is 3.94. The molecule has 1 amide bonds. The number of allylic oxidation sites excluding steroid dienone is 2. The molecule has 1 aromatic carbocycles. The van der Waals surface area contributed by atoms with Crippen LogP contribution in [-0.2, 0) is 6.54 Å². The highest BCUT2D eigenvalue weighted by molar-refractivity contribution is 6.09. The zero-order valence-electron chi connectivity index (χ0n) is 11.1. The first kappa shape index (κ1) is 12.6. The number of nitrogens with zero attached hydrogens (tertiary/aromatic N) is 2. The molecule has 0 radical (unpaired) electrons. The largest absolute Gasteiger partial charge is 0.337 e. The molecule has 3 nitrogen and oxygen atoms in total. The van der Waals surface area contributed by atoms with Crippen molar-refractivity contribution in [3.8, 4) is 0 Å². The number of hydrogen-bond donors (Lipinski definition) is 0. The molecule has 0 unspecified atom stereocenters. The van der Waals surface area contributed by atoms with Crippen LogP contribution in [0.4, 0.5) is 0 Å². The fourth-order valence-electron chi connectivity index (χ4n) is 2.15. The lowest BCUT2D eigenvalue weighted by molar-refractivity contribution is 0.0816. The Bertz CT molecular complexity index is 529. The monoisotopic (exact) mass is 242 g/mol. The summed E-state index contributed by atoms with van der Waals surface area (Å²) in [5.74, 6) is 0.107. The summed E-state index contributed by atoms with van der Waals surface area (Å²) in [6.45, 7) is 2.79. The van der Waals surface area contributed by atoms with Crippen molar-refractivity contribution in [2.75, 3.05) is 14.1 Å². The summed E-state index contributed by atoms with van der Waals surface area (Å²) in [6, 6.07) is 5.94. The van der Waals surface area contributed by atoms with Crippen LogP contribution in [0, 0.1) is 0 Å². The molecule has 3 heteroatoms. The topological polar surface area (TPSA) is 32.7 Å². The first-order valence-corrected chi connectivity index (χ1v) is 6.19. The Balaban J connectivity index is 2.36. The summed E-state index contributed by atoms with van der Waals surface area (Å²) in [4.78, 5) is 17.8. The summed E-state index contributed by atoms with van der Waals surface area (Å²) >= 11 is 0. The highest BCUT2D eigenvalue weighted by Crippen LogP contribution is 2.23. The molecule has 0 aliphatic carbocycles. The Morgan fingerprint density at radius 2 is 2.28 bits per heavy atom. The molecule has 94 valence electrons. The molecule has 2 rings (SSSR count). The third-order valence-electron chi connectivity index (χ3n) is 3.14. The number of amides is 1. The van der Waals surface area contributed by atoms with Crippen LogP contribution in [0.1, 0.15) is 34.8 Å². The van der Waals surface area contributed by atoms with Crippen LogP contribution < -0.4 is 0 Å². The van der Waals surface area contributed by atoms with Crippen molar-refractivity contribution in [2.24, 2.45) is 4.99 Å². The molecule has 18 heavy (non-hydrogen) atoms. The second-order valence-electron chi connectivity index (χ2n) is 4.45. The minimum atomic E-state index is 0.107. The van der Waals surface area contributed by atoms with Gasteiger partial charge in [0.1, 0.15) is 0 Å². The van der Waals surface area contributed by atoms with E-state index in [9.17, 15) is 4.79 Å². The van der Waals surface area contributed by atoms with Crippen molar-refractivity contribution in [1.29, 1.82) is 0 Å². The minimum absolute atomic E-state index is 0.107. The highest BCUT2D eigenvalue weighted by atomic mass is 16.2. The number of rotatable bonds is 3. The van der Waals surface area contributed by atoms with Crippen LogP contribution >= 0.6 is 0 Å². The van der Waals surface area contributed by atoms with Gasteiger partial charge in [-0.2, -0.15) is 0 Å². The minimum Gasteiger partial charge on any atom is -0.337 e. The lowest BCUT2D eigenvalue weighted by Gasteiger charge is -2.04. The first-order valence-electron chi connectivity index (χ1n) is 6.19. The summed E-state index contributed by atoms with van der Waals surface area (Å²) in [5, 5.41) is 0. The van der Waals surface area contributed by atoms with Crippen LogP contribution in [0.3, 0.4) is 0 Å². The van der Waals surface area contributed by atoms with Gasteiger partial charge in [-0.15, -0.1) is 0 Å². The maximum Gasteiger partial charge on any atom is 0.254 e. The SMILES string of the molecule is CC/C=C\C(=NC)c1ccc2c(c1)CN(C)C2=O. The van der Waals surface area contributed by atoms with Gasteiger partial charge in [0.25, 0.3) is 5.91 Å². The molecule has 0 bridgehead atoms. The first-order chi connectivity index (χ1) is 8.67. The number of fused-ring (bicyclic) bond motifs is 1. The molecular formula is C15H18N2O. The van der Waals surface area contributed by atoms with Gasteiger partial charge >= 0.3 is 0 Å². The molecule has 0 aromatic heterocycles. The fourth-order valence-corrected chi connectivity index (χ4v) is 2.15. The number of benzene rings is 1. The predicted molar refractivity (Wildman–Crippen MR) is 74.1 cm³/mol. The molecule has 1 aromatic rings. The maximum atomic E-state index is 11.8. The highest BCUT2D eigenvalue weighted by Gasteiger charge is 2.24. The van der Waals surface area contributed by atoms with E-state index in [-0.39, 0.29) is 5.91 Å². The molecule has 1 heterocycles. The van der Waals surface area contributed by atoms with Gasteiger partial charge in [-0.05, 0) is 30.2 Å². The lowest BCUT2D eigenvalue weighted by Crippen LogP contribution is -2.17. The Morgan fingerprint density at radius 3 is 2.94 bits per heavy atom. The Morgan fingerprint density at radius 1 is 1.50 bits per heavy atom. The predicted octanol–water partition coefficient (Wildman–Crippen LogP) is 2.66. The van der Waals surface area contributed by atoms with Gasteiger partial charge in [0.05, 0.1) is 5.71 Å². The summed E-state index contributed by atoms with van der Waals surface area (Å²) in [6.07, 6.45) is 5.11. The van der Waals surface area contributed by atoms with Gasteiger partial charge in [-0.25, -0.2) is 0 Å². The molecular weight excluding hydrogens is 224 g/mol. The average Bonchev–Trinajstić information content (AvgIpc) is 2.66. The van der Waals surface area contributed by atoms with Gasteiger partial charge < -0.3 is 4.90 Å². The number of carbonyl (C=O) groups is 1. The molecule has 1 aliphatic heterocycles. The molecule has 0 fully saturated rings.